The van der Waals surface area contributed by atoms with Crippen molar-refractivity contribution in [2.45, 2.75) is 39.2 Å². The lowest BCUT2D eigenvalue weighted by atomic mass is 9.87. The largest absolute Gasteiger partial charge is 0.481 e. The zero-order valence-corrected chi connectivity index (χ0v) is 15.7. The van der Waals surface area contributed by atoms with Crippen LogP contribution in [0.5, 0.6) is 5.75 Å². The third-order valence-corrected chi connectivity index (χ3v) is 4.33. The lowest BCUT2D eigenvalue weighted by Crippen LogP contribution is -2.30. The Morgan fingerprint density at radius 2 is 1.67 bits per heavy atom. The van der Waals surface area contributed by atoms with E-state index in [9.17, 15) is 4.79 Å². The Bertz CT molecular complexity index is 721. The number of carbonyl (C=O) groups is 1. The second-order valence-electron chi connectivity index (χ2n) is 6.65. The number of anilines is 1. The number of hydrogen-bond donors (Lipinski definition) is 1. The maximum absolute atomic E-state index is 12.2. The Hall–Kier alpha value is -1.71. The molecule has 0 fully saturated rings. The van der Waals surface area contributed by atoms with E-state index in [1.165, 1.54) is 5.56 Å². The van der Waals surface area contributed by atoms with E-state index < -0.39 is 6.10 Å². The average molecular weight is 366 g/mol. The van der Waals surface area contributed by atoms with Crippen LogP contribution in [0.15, 0.2) is 42.5 Å². The molecule has 0 saturated heterocycles. The Labute approximate surface area is 152 Å². The van der Waals surface area contributed by atoms with Crippen molar-refractivity contribution in [3.05, 3.63) is 58.1 Å². The van der Waals surface area contributed by atoms with Crippen LogP contribution in [0.25, 0.3) is 0 Å². The van der Waals surface area contributed by atoms with Crippen LogP contribution in [-0.2, 0) is 10.2 Å². The van der Waals surface area contributed by atoms with E-state index in [-0.39, 0.29) is 11.3 Å². The van der Waals surface area contributed by atoms with Crippen molar-refractivity contribution in [2.75, 3.05) is 5.32 Å². The van der Waals surface area contributed by atoms with Gasteiger partial charge in [0.05, 0.1) is 10.0 Å². The maximum Gasteiger partial charge on any atom is 0.265 e. The molecule has 0 bridgehead atoms. The predicted octanol–water partition coefficient (Wildman–Crippen LogP) is 5.70. The second kappa shape index (κ2) is 7.45. The molecule has 0 saturated carbocycles. The molecule has 1 atom stereocenters. The molecule has 1 unspecified atom stereocenters. The van der Waals surface area contributed by atoms with Crippen molar-refractivity contribution in [1.29, 1.82) is 0 Å². The molecule has 0 aromatic heterocycles. The first-order chi connectivity index (χ1) is 11.2. The smallest absolute Gasteiger partial charge is 0.265 e. The van der Waals surface area contributed by atoms with Gasteiger partial charge in [0.15, 0.2) is 6.10 Å². The molecule has 2 rings (SSSR count). The topological polar surface area (TPSA) is 38.3 Å². The highest BCUT2D eigenvalue weighted by Gasteiger charge is 2.17. The molecular formula is C19H21Cl2NO2. The van der Waals surface area contributed by atoms with Crippen molar-refractivity contribution >= 4 is 34.8 Å². The fraction of sp³-hybridized carbons (Fsp3) is 0.316. The first kappa shape index (κ1) is 18.6. The molecule has 2 aromatic carbocycles. The second-order valence-corrected chi connectivity index (χ2v) is 7.47. The number of ether oxygens (including phenoxy) is 1. The third kappa shape index (κ3) is 4.89. The fourth-order valence-corrected chi connectivity index (χ4v) is 2.41. The number of nitrogens with one attached hydrogen (secondary N) is 1. The summed E-state index contributed by atoms with van der Waals surface area (Å²) >= 11 is 11.8. The summed E-state index contributed by atoms with van der Waals surface area (Å²) < 4.78 is 5.70. The molecule has 0 aliphatic heterocycles. The van der Waals surface area contributed by atoms with Gasteiger partial charge in [0.25, 0.3) is 5.91 Å². The summed E-state index contributed by atoms with van der Waals surface area (Å²) in [5, 5.41) is 3.59. The third-order valence-electron chi connectivity index (χ3n) is 3.59. The molecule has 0 heterocycles. The zero-order chi connectivity index (χ0) is 17.9. The minimum absolute atomic E-state index is 0.0787. The van der Waals surface area contributed by atoms with E-state index in [0.29, 0.717) is 21.5 Å². The lowest BCUT2D eigenvalue weighted by molar-refractivity contribution is -0.122. The van der Waals surface area contributed by atoms with Crippen LogP contribution >= 0.6 is 23.2 Å². The predicted molar refractivity (Wildman–Crippen MR) is 100 cm³/mol. The van der Waals surface area contributed by atoms with E-state index in [4.69, 9.17) is 27.9 Å². The number of halogens is 2. The number of hydrogen-bond acceptors (Lipinski definition) is 2. The van der Waals surface area contributed by atoms with Gasteiger partial charge in [-0.25, -0.2) is 0 Å². The van der Waals surface area contributed by atoms with E-state index in [2.05, 4.69) is 26.1 Å². The minimum atomic E-state index is -0.639. The summed E-state index contributed by atoms with van der Waals surface area (Å²) in [4.78, 5) is 12.2. The van der Waals surface area contributed by atoms with Gasteiger partial charge >= 0.3 is 0 Å². The van der Waals surface area contributed by atoms with Gasteiger partial charge in [-0.2, -0.15) is 0 Å². The molecule has 128 valence electrons. The molecule has 5 heteroatoms. The zero-order valence-electron chi connectivity index (χ0n) is 14.2. The van der Waals surface area contributed by atoms with Crippen LogP contribution in [0.3, 0.4) is 0 Å². The van der Waals surface area contributed by atoms with Crippen LogP contribution < -0.4 is 10.1 Å². The molecule has 3 nitrogen and oxygen atoms in total. The first-order valence-corrected chi connectivity index (χ1v) is 8.45. The fourth-order valence-electron chi connectivity index (χ4n) is 2.11. The van der Waals surface area contributed by atoms with E-state index in [1.807, 2.05) is 24.3 Å². The van der Waals surface area contributed by atoms with Crippen LogP contribution in [-0.4, -0.2) is 12.0 Å². The summed E-state index contributed by atoms with van der Waals surface area (Å²) in [5.41, 5.74) is 1.87. The standard InChI is InChI=1S/C19H21Cl2NO2/c1-12(18(23)22-14-7-10-16(20)17(21)11-14)24-15-8-5-13(6-9-15)19(2,3)4/h5-12H,1-4H3,(H,22,23). The Morgan fingerprint density at radius 3 is 2.21 bits per heavy atom. The van der Waals surface area contributed by atoms with Gasteiger partial charge in [0, 0.05) is 5.69 Å². The van der Waals surface area contributed by atoms with Gasteiger partial charge < -0.3 is 10.1 Å². The summed E-state index contributed by atoms with van der Waals surface area (Å²) in [6.45, 7) is 8.15. The number of rotatable bonds is 4. The molecule has 0 aliphatic carbocycles. The van der Waals surface area contributed by atoms with Gasteiger partial charge in [0.1, 0.15) is 5.75 Å². The van der Waals surface area contributed by atoms with Crippen molar-refractivity contribution in [3.63, 3.8) is 0 Å². The van der Waals surface area contributed by atoms with E-state index in [0.717, 1.165) is 0 Å². The maximum atomic E-state index is 12.2. The number of carbonyl (C=O) groups excluding carboxylic acids is 1. The van der Waals surface area contributed by atoms with E-state index >= 15 is 0 Å². The van der Waals surface area contributed by atoms with Gasteiger partial charge in [-0.1, -0.05) is 56.1 Å². The molecule has 1 amide bonds. The normalized spacial score (nSPS) is 12.6. The van der Waals surface area contributed by atoms with Gasteiger partial charge in [-0.15, -0.1) is 0 Å². The van der Waals surface area contributed by atoms with Crippen LogP contribution in [0.2, 0.25) is 10.0 Å². The SMILES string of the molecule is CC(Oc1ccc(C(C)(C)C)cc1)C(=O)Nc1ccc(Cl)c(Cl)c1. The molecule has 1 N–H and O–H groups in total. The van der Waals surface area contributed by atoms with Crippen LogP contribution in [0.4, 0.5) is 5.69 Å². The molecular weight excluding hydrogens is 345 g/mol. The average Bonchev–Trinajstić information content (AvgIpc) is 2.50. The minimum Gasteiger partial charge on any atom is -0.481 e. The highest BCUT2D eigenvalue weighted by atomic mass is 35.5. The number of amides is 1. The number of benzene rings is 2. The summed E-state index contributed by atoms with van der Waals surface area (Å²) in [6.07, 6.45) is -0.639. The molecule has 2 aromatic rings. The van der Waals surface area contributed by atoms with Gasteiger partial charge in [0.2, 0.25) is 0 Å². The van der Waals surface area contributed by atoms with E-state index in [1.54, 1.807) is 25.1 Å². The van der Waals surface area contributed by atoms with Crippen molar-refractivity contribution in [3.8, 4) is 5.75 Å². The Kier molecular flexibility index (Phi) is 5.79. The summed E-state index contributed by atoms with van der Waals surface area (Å²) in [5.74, 6) is 0.396. The molecule has 0 spiro atoms. The van der Waals surface area contributed by atoms with Crippen LogP contribution in [0.1, 0.15) is 33.3 Å². The summed E-state index contributed by atoms with van der Waals surface area (Å²) in [6, 6.07) is 12.7. The first-order valence-electron chi connectivity index (χ1n) is 7.70. The Balaban J connectivity index is 1.99. The highest BCUT2D eigenvalue weighted by molar-refractivity contribution is 6.42. The van der Waals surface area contributed by atoms with Crippen molar-refractivity contribution in [1.82, 2.24) is 0 Å². The van der Waals surface area contributed by atoms with Crippen molar-refractivity contribution < 1.29 is 9.53 Å². The highest BCUT2D eigenvalue weighted by Crippen LogP contribution is 2.26. The lowest BCUT2D eigenvalue weighted by Gasteiger charge is -2.20. The van der Waals surface area contributed by atoms with Gasteiger partial charge in [-0.05, 0) is 48.2 Å². The summed E-state index contributed by atoms with van der Waals surface area (Å²) in [7, 11) is 0. The van der Waals surface area contributed by atoms with Crippen LogP contribution in [0, 0.1) is 0 Å². The quantitative estimate of drug-likeness (QED) is 0.754. The molecule has 0 aliphatic rings. The van der Waals surface area contributed by atoms with Crippen molar-refractivity contribution in [2.24, 2.45) is 0 Å². The molecule has 24 heavy (non-hydrogen) atoms. The monoisotopic (exact) mass is 365 g/mol. The Morgan fingerprint density at radius 1 is 1.04 bits per heavy atom. The van der Waals surface area contributed by atoms with Gasteiger partial charge in [-0.3, -0.25) is 4.79 Å². The molecule has 0 radical (unpaired) electrons.